The number of nitrogen functional groups attached to an aromatic ring is 1. The Labute approximate surface area is 132 Å². The molecule has 2 aromatic rings. The van der Waals surface area contributed by atoms with Gasteiger partial charge < -0.3 is 21.3 Å². The van der Waals surface area contributed by atoms with Crippen molar-refractivity contribution in [2.24, 2.45) is 0 Å². The second-order valence-electron chi connectivity index (χ2n) is 4.98. The average molecular weight is 321 g/mol. The van der Waals surface area contributed by atoms with Gasteiger partial charge in [0.1, 0.15) is 6.10 Å². The van der Waals surface area contributed by atoms with Crippen molar-refractivity contribution >= 4 is 22.4 Å². The zero-order chi connectivity index (χ0) is 16.1. The first kappa shape index (κ1) is 16.4. The summed E-state index contributed by atoms with van der Waals surface area (Å²) >= 11 is 1.37. The molecule has 0 spiro atoms. The van der Waals surface area contributed by atoms with E-state index in [0.29, 0.717) is 17.2 Å². The molecule has 5 N–H and O–H groups in total. The number of carbonyl (C=O) groups excluding carboxylic acids is 1. The largest absolute Gasteiger partial charge is 0.390 e. The highest BCUT2D eigenvalue weighted by molar-refractivity contribution is 7.13. The smallest absolute Gasteiger partial charge is 0.216 e. The number of nitrogens with one attached hydrogen (secondary N) is 1. The molecule has 0 radical (unpaired) electrons. The summed E-state index contributed by atoms with van der Waals surface area (Å²) in [6.07, 6.45) is -1.65. The van der Waals surface area contributed by atoms with E-state index in [2.05, 4.69) is 10.3 Å². The third kappa shape index (κ3) is 4.27. The van der Waals surface area contributed by atoms with Crippen molar-refractivity contribution in [1.29, 1.82) is 0 Å². The third-order valence-corrected chi connectivity index (χ3v) is 3.92. The lowest BCUT2D eigenvalue weighted by molar-refractivity contribution is -0.119. The van der Waals surface area contributed by atoms with Crippen molar-refractivity contribution < 1.29 is 15.0 Å². The van der Waals surface area contributed by atoms with Crippen molar-refractivity contribution in [3.05, 3.63) is 35.2 Å². The maximum atomic E-state index is 10.8. The van der Waals surface area contributed by atoms with E-state index < -0.39 is 12.2 Å². The standard InChI is InChI=1S/C15H19N3O3S/c1-9(19)17-7-6-13(20)14(21)11-4-2-10(3-5-11)12-8-22-15(16)18-12/h2-5,8,13-14,20-21H,6-7H2,1H3,(H2,16,18)(H,17,19). The molecule has 0 saturated carbocycles. The average Bonchev–Trinajstić information content (AvgIpc) is 2.93. The summed E-state index contributed by atoms with van der Waals surface area (Å²) in [6.45, 7) is 1.73. The number of aromatic nitrogens is 1. The first-order valence-corrected chi connectivity index (χ1v) is 7.77. The molecular formula is C15H19N3O3S. The van der Waals surface area contributed by atoms with Crippen molar-refractivity contribution in [1.82, 2.24) is 10.3 Å². The number of amides is 1. The Hall–Kier alpha value is -1.96. The molecule has 7 heteroatoms. The van der Waals surface area contributed by atoms with Crippen LogP contribution in [0.15, 0.2) is 29.6 Å². The van der Waals surface area contributed by atoms with Crippen LogP contribution < -0.4 is 11.1 Å². The number of aliphatic hydroxyl groups is 2. The van der Waals surface area contributed by atoms with E-state index in [9.17, 15) is 15.0 Å². The summed E-state index contributed by atoms with van der Waals surface area (Å²) in [7, 11) is 0. The minimum absolute atomic E-state index is 0.159. The highest BCUT2D eigenvalue weighted by Crippen LogP contribution is 2.26. The summed E-state index contributed by atoms with van der Waals surface area (Å²) < 4.78 is 0. The van der Waals surface area contributed by atoms with Gasteiger partial charge in [-0.15, -0.1) is 11.3 Å². The molecule has 2 rings (SSSR count). The summed E-state index contributed by atoms with van der Waals surface area (Å²) in [6, 6.07) is 7.15. The van der Waals surface area contributed by atoms with Crippen molar-refractivity contribution in [3.63, 3.8) is 0 Å². The van der Waals surface area contributed by atoms with Gasteiger partial charge in [-0.2, -0.15) is 0 Å². The quantitative estimate of drug-likeness (QED) is 0.641. The zero-order valence-corrected chi connectivity index (χ0v) is 13.0. The second-order valence-corrected chi connectivity index (χ2v) is 5.87. The van der Waals surface area contributed by atoms with Crippen molar-refractivity contribution in [3.8, 4) is 11.3 Å². The molecule has 0 aliphatic heterocycles. The number of benzene rings is 1. The molecule has 1 aromatic heterocycles. The molecule has 1 heterocycles. The molecule has 22 heavy (non-hydrogen) atoms. The predicted molar refractivity (Wildman–Crippen MR) is 86.2 cm³/mol. The van der Waals surface area contributed by atoms with Gasteiger partial charge in [0.2, 0.25) is 5.91 Å². The summed E-state index contributed by atoms with van der Waals surface area (Å²) in [5.74, 6) is -0.159. The van der Waals surface area contributed by atoms with Gasteiger partial charge >= 0.3 is 0 Å². The van der Waals surface area contributed by atoms with Crippen LogP contribution in [0.2, 0.25) is 0 Å². The lowest BCUT2D eigenvalue weighted by Crippen LogP contribution is -2.27. The number of hydrogen-bond acceptors (Lipinski definition) is 6. The minimum Gasteiger partial charge on any atom is -0.390 e. The SMILES string of the molecule is CC(=O)NCCC(O)C(O)c1ccc(-c2csc(N)n2)cc1. The molecular weight excluding hydrogens is 302 g/mol. The molecule has 0 bridgehead atoms. The fourth-order valence-corrected chi connectivity index (χ4v) is 2.62. The Morgan fingerprint density at radius 1 is 1.36 bits per heavy atom. The van der Waals surface area contributed by atoms with E-state index >= 15 is 0 Å². The molecule has 6 nitrogen and oxygen atoms in total. The molecule has 0 saturated heterocycles. The fraction of sp³-hybridized carbons (Fsp3) is 0.333. The highest BCUT2D eigenvalue weighted by atomic mass is 32.1. The predicted octanol–water partition coefficient (Wildman–Crippen LogP) is 1.31. The second kappa shape index (κ2) is 7.35. The maximum absolute atomic E-state index is 10.8. The van der Waals surface area contributed by atoms with Crippen LogP contribution in [0.4, 0.5) is 5.13 Å². The number of aliphatic hydroxyl groups excluding tert-OH is 2. The number of rotatable bonds is 6. The maximum Gasteiger partial charge on any atom is 0.216 e. The van der Waals surface area contributed by atoms with Crippen LogP contribution in [0.3, 0.4) is 0 Å². The third-order valence-electron chi connectivity index (χ3n) is 3.25. The number of nitrogens with zero attached hydrogens (tertiary/aromatic N) is 1. The van der Waals surface area contributed by atoms with E-state index in [1.54, 1.807) is 12.1 Å². The van der Waals surface area contributed by atoms with Gasteiger partial charge in [0.15, 0.2) is 5.13 Å². The van der Waals surface area contributed by atoms with Gasteiger partial charge in [-0.25, -0.2) is 4.98 Å². The van der Waals surface area contributed by atoms with Crippen LogP contribution in [0.25, 0.3) is 11.3 Å². The van der Waals surface area contributed by atoms with E-state index in [4.69, 9.17) is 5.73 Å². The molecule has 2 unspecified atom stereocenters. The van der Waals surface area contributed by atoms with Crippen molar-refractivity contribution in [2.45, 2.75) is 25.6 Å². The van der Waals surface area contributed by atoms with E-state index in [0.717, 1.165) is 11.3 Å². The summed E-state index contributed by atoms with van der Waals surface area (Å²) in [5, 5.41) is 25.0. The van der Waals surface area contributed by atoms with Gasteiger partial charge in [0, 0.05) is 24.4 Å². The number of nitrogens with two attached hydrogens (primary N) is 1. The van der Waals surface area contributed by atoms with Gasteiger partial charge in [0.05, 0.1) is 11.8 Å². The number of anilines is 1. The Balaban J connectivity index is 1.98. The molecule has 0 aliphatic rings. The Morgan fingerprint density at radius 3 is 2.59 bits per heavy atom. The van der Waals surface area contributed by atoms with Crippen LogP contribution in [-0.2, 0) is 4.79 Å². The number of thiazole rings is 1. The monoisotopic (exact) mass is 321 g/mol. The van der Waals surface area contributed by atoms with Gasteiger partial charge in [-0.3, -0.25) is 4.79 Å². The van der Waals surface area contributed by atoms with E-state index in [1.807, 2.05) is 17.5 Å². The number of carbonyl (C=O) groups is 1. The van der Waals surface area contributed by atoms with E-state index in [1.165, 1.54) is 18.3 Å². The van der Waals surface area contributed by atoms with Crippen molar-refractivity contribution in [2.75, 3.05) is 12.3 Å². The highest BCUT2D eigenvalue weighted by Gasteiger charge is 2.18. The van der Waals surface area contributed by atoms with E-state index in [-0.39, 0.29) is 12.3 Å². The van der Waals surface area contributed by atoms with Crippen LogP contribution in [0.1, 0.15) is 25.0 Å². The van der Waals surface area contributed by atoms with Crippen LogP contribution in [0.5, 0.6) is 0 Å². The molecule has 0 fully saturated rings. The lowest BCUT2D eigenvalue weighted by atomic mass is 10.0. The lowest BCUT2D eigenvalue weighted by Gasteiger charge is -2.18. The molecule has 0 aliphatic carbocycles. The van der Waals surface area contributed by atoms with Crippen LogP contribution in [0, 0.1) is 0 Å². The first-order valence-electron chi connectivity index (χ1n) is 6.89. The Morgan fingerprint density at radius 2 is 2.05 bits per heavy atom. The van der Waals surface area contributed by atoms with Crippen LogP contribution >= 0.6 is 11.3 Å². The Bertz CT molecular complexity index is 627. The fourth-order valence-electron chi connectivity index (χ4n) is 2.05. The summed E-state index contributed by atoms with van der Waals surface area (Å²) in [4.78, 5) is 15.0. The molecule has 1 amide bonds. The minimum atomic E-state index is -0.997. The first-order chi connectivity index (χ1) is 10.5. The molecule has 118 valence electrons. The van der Waals surface area contributed by atoms with Gasteiger partial charge in [-0.1, -0.05) is 24.3 Å². The summed E-state index contributed by atoms with van der Waals surface area (Å²) in [5.41, 5.74) is 7.91. The van der Waals surface area contributed by atoms with Gasteiger partial charge in [0.25, 0.3) is 0 Å². The molecule has 1 aromatic carbocycles. The zero-order valence-electron chi connectivity index (χ0n) is 12.2. The Kier molecular flexibility index (Phi) is 5.48. The van der Waals surface area contributed by atoms with Gasteiger partial charge in [-0.05, 0) is 12.0 Å². The normalized spacial score (nSPS) is 13.6. The number of hydrogen-bond donors (Lipinski definition) is 4. The topological polar surface area (TPSA) is 108 Å². The van der Waals surface area contributed by atoms with Crippen LogP contribution in [-0.4, -0.2) is 33.8 Å². The molecule has 2 atom stereocenters.